The first kappa shape index (κ1) is 9.69. The minimum atomic E-state index is -0.662. The van der Waals surface area contributed by atoms with E-state index in [1.807, 2.05) is 25.2 Å². The minimum Gasteiger partial charge on any atom is -0.384 e. The molecule has 76 valence electrons. The summed E-state index contributed by atoms with van der Waals surface area (Å²) in [5.41, 5.74) is 1.73. The molecule has 2 rings (SSSR count). The third-order valence-electron chi connectivity index (χ3n) is 3.11. The van der Waals surface area contributed by atoms with Crippen LogP contribution in [0.3, 0.4) is 0 Å². The topological polar surface area (TPSA) is 32.3 Å². The van der Waals surface area contributed by atoms with Crippen molar-refractivity contribution in [3.8, 4) is 0 Å². The van der Waals surface area contributed by atoms with Crippen LogP contribution in [0, 0.1) is 0 Å². The van der Waals surface area contributed by atoms with Crippen LogP contribution in [0.5, 0.6) is 0 Å². The normalized spacial score (nSPS) is 30.4. The molecule has 2 heteroatoms. The van der Waals surface area contributed by atoms with Crippen molar-refractivity contribution < 1.29 is 5.11 Å². The first-order valence-corrected chi connectivity index (χ1v) is 5.14. The Bertz CT molecular complexity index is 337. The second-order valence-corrected chi connectivity index (χ2v) is 4.25. The van der Waals surface area contributed by atoms with Crippen molar-refractivity contribution in [2.24, 2.45) is 0 Å². The van der Waals surface area contributed by atoms with Crippen LogP contribution >= 0.6 is 0 Å². The first-order valence-electron chi connectivity index (χ1n) is 5.14. The number of likely N-dealkylation sites (N-methyl/N-ethyl adjacent to an activating group) is 1. The van der Waals surface area contributed by atoms with Gasteiger partial charge in [0.15, 0.2) is 0 Å². The monoisotopic (exact) mass is 191 g/mol. The van der Waals surface area contributed by atoms with Gasteiger partial charge in [-0.05, 0) is 30.5 Å². The molecular weight excluding hydrogens is 174 g/mol. The van der Waals surface area contributed by atoms with Gasteiger partial charge < -0.3 is 10.4 Å². The van der Waals surface area contributed by atoms with Crippen molar-refractivity contribution in [3.63, 3.8) is 0 Å². The molecule has 1 aromatic rings. The van der Waals surface area contributed by atoms with Gasteiger partial charge >= 0.3 is 0 Å². The van der Waals surface area contributed by atoms with Gasteiger partial charge in [-0.2, -0.15) is 0 Å². The lowest BCUT2D eigenvalue weighted by atomic mass is 9.96. The molecule has 0 heterocycles. The van der Waals surface area contributed by atoms with Crippen LogP contribution in [0.2, 0.25) is 0 Å². The molecule has 1 aliphatic carbocycles. The lowest BCUT2D eigenvalue weighted by molar-refractivity contribution is 0.0368. The molecule has 0 radical (unpaired) electrons. The Morgan fingerprint density at radius 3 is 2.93 bits per heavy atom. The molecule has 0 amide bonds. The average molecular weight is 191 g/mol. The molecule has 0 bridgehead atoms. The fourth-order valence-electron chi connectivity index (χ4n) is 2.54. The number of fused-ring (bicyclic) bond motifs is 1. The van der Waals surface area contributed by atoms with E-state index in [1.54, 1.807) is 0 Å². The first-order chi connectivity index (χ1) is 6.67. The van der Waals surface area contributed by atoms with Crippen molar-refractivity contribution in [1.82, 2.24) is 5.32 Å². The van der Waals surface area contributed by atoms with Crippen molar-refractivity contribution >= 4 is 0 Å². The van der Waals surface area contributed by atoms with Crippen LogP contribution in [-0.4, -0.2) is 18.7 Å². The Labute approximate surface area is 85.0 Å². The van der Waals surface area contributed by atoms with E-state index in [4.69, 9.17) is 0 Å². The van der Waals surface area contributed by atoms with Gasteiger partial charge in [0, 0.05) is 6.54 Å². The maximum absolute atomic E-state index is 10.5. The zero-order chi connectivity index (χ0) is 10.2. The van der Waals surface area contributed by atoms with Crippen molar-refractivity contribution in [1.29, 1.82) is 0 Å². The quantitative estimate of drug-likeness (QED) is 0.744. The molecule has 0 aliphatic heterocycles. The highest BCUT2D eigenvalue weighted by atomic mass is 16.3. The summed E-state index contributed by atoms with van der Waals surface area (Å²) in [5, 5.41) is 13.5. The summed E-state index contributed by atoms with van der Waals surface area (Å²) < 4.78 is 0. The van der Waals surface area contributed by atoms with Crippen LogP contribution in [0.4, 0.5) is 0 Å². The van der Waals surface area contributed by atoms with Crippen LogP contribution in [0.25, 0.3) is 0 Å². The van der Waals surface area contributed by atoms with Crippen molar-refractivity contribution in [2.45, 2.75) is 24.9 Å². The Kier molecular flexibility index (Phi) is 2.33. The summed E-state index contributed by atoms with van der Waals surface area (Å²) >= 11 is 0. The number of hydrogen-bond acceptors (Lipinski definition) is 2. The predicted molar refractivity (Wildman–Crippen MR) is 57.3 cm³/mol. The molecule has 0 fully saturated rings. The lowest BCUT2D eigenvalue weighted by Gasteiger charge is -2.23. The summed E-state index contributed by atoms with van der Waals surface area (Å²) in [6.45, 7) is 2.81. The van der Waals surface area contributed by atoms with E-state index in [-0.39, 0.29) is 0 Å². The molecule has 0 saturated heterocycles. The molecule has 14 heavy (non-hydrogen) atoms. The third kappa shape index (κ3) is 1.35. The van der Waals surface area contributed by atoms with E-state index in [9.17, 15) is 5.11 Å². The Hall–Kier alpha value is -0.860. The van der Waals surface area contributed by atoms with Crippen molar-refractivity contribution in [2.75, 3.05) is 13.6 Å². The number of rotatable bonds is 2. The van der Waals surface area contributed by atoms with Crippen LogP contribution in [0.1, 0.15) is 30.4 Å². The van der Waals surface area contributed by atoms with E-state index in [0.717, 1.165) is 12.0 Å². The summed E-state index contributed by atoms with van der Waals surface area (Å²) in [6.07, 6.45) is 0.827. The third-order valence-corrected chi connectivity index (χ3v) is 3.11. The van der Waals surface area contributed by atoms with Crippen LogP contribution < -0.4 is 5.32 Å². The summed E-state index contributed by atoms with van der Waals surface area (Å²) in [4.78, 5) is 0. The van der Waals surface area contributed by atoms with E-state index < -0.39 is 5.60 Å². The Morgan fingerprint density at radius 1 is 1.50 bits per heavy atom. The Balaban J connectivity index is 2.43. The summed E-state index contributed by atoms with van der Waals surface area (Å²) in [6, 6.07) is 8.20. The molecule has 2 unspecified atom stereocenters. The number of hydrogen-bond donors (Lipinski definition) is 2. The highest BCUT2D eigenvalue weighted by Gasteiger charge is 2.39. The molecule has 0 aromatic heterocycles. The fraction of sp³-hybridized carbons (Fsp3) is 0.500. The molecule has 0 spiro atoms. The predicted octanol–water partition coefficient (Wildman–Crippen LogP) is 1.60. The maximum atomic E-state index is 10.5. The van der Waals surface area contributed by atoms with E-state index in [1.165, 1.54) is 5.56 Å². The zero-order valence-corrected chi connectivity index (χ0v) is 8.75. The molecule has 1 aromatic carbocycles. The molecule has 0 saturated carbocycles. The van der Waals surface area contributed by atoms with Gasteiger partial charge in [0.25, 0.3) is 0 Å². The largest absolute Gasteiger partial charge is 0.384 e. The van der Waals surface area contributed by atoms with Crippen LogP contribution in [0.15, 0.2) is 24.3 Å². The molecular formula is C12H17NO. The van der Waals surface area contributed by atoms with Gasteiger partial charge in [0.05, 0.1) is 0 Å². The molecule has 2 atom stereocenters. The smallest absolute Gasteiger partial charge is 0.103 e. The number of nitrogens with one attached hydrogen (secondary N) is 1. The SMILES string of the molecule is CNCC1(O)CC(C)c2ccccc21. The molecule has 1 aliphatic rings. The van der Waals surface area contributed by atoms with Gasteiger partial charge in [0.1, 0.15) is 5.60 Å². The Morgan fingerprint density at radius 2 is 2.21 bits per heavy atom. The second-order valence-electron chi connectivity index (χ2n) is 4.25. The highest BCUT2D eigenvalue weighted by Crippen LogP contribution is 2.43. The average Bonchev–Trinajstić information content (AvgIpc) is 2.41. The van der Waals surface area contributed by atoms with E-state index in [0.29, 0.717) is 12.5 Å². The van der Waals surface area contributed by atoms with Gasteiger partial charge in [-0.1, -0.05) is 31.2 Å². The number of benzene rings is 1. The number of aliphatic hydroxyl groups is 1. The van der Waals surface area contributed by atoms with Gasteiger partial charge in [-0.25, -0.2) is 0 Å². The van der Waals surface area contributed by atoms with Gasteiger partial charge in [-0.15, -0.1) is 0 Å². The molecule has 2 N–H and O–H groups in total. The molecule has 2 nitrogen and oxygen atoms in total. The zero-order valence-electron chi connectivity index (χ0n) is 8.75. The van der Waals surface area contributed by atoms with Gasteiger partial charge in [-0.3, -0.25) is 0 Å². The van der Waals surface area contributed by atoms with E-state index in [2.05, 4.69) is 18.3 Å². The van der Waals surface area contributed by atoms with Gasteiger partial charge in [0.2, 0.25) is 0 Å². The maximum Gasteiger partial charge on any atom is 0.103 e. The lowest BCUT2D eigenvalue weighted by Crippen LogP contribution is -2.34. The standard InChI is InChI=1S/C12H17NO/c1-9-7-12(14,8-13-2)11-6-4-3-5-10(9)11/h3-6,9,13-14H,7-8H2,1-2H3. The summed E-state index contributed by atoms with van der Waals surface area (Å²) in [5.74, 6) is 0.463. The van der Waals surface area contributed by atoms with Crippen LogP contribution in [-0.2, 0) is 5.60 Å². The second kappa shape index (κ2) is 3.37. The van der Waals surface area contributed by atoms with Crippen molar-refractivity contribution in [3.05, 3.63) is 35.4 Å². The fourth-order valence-corrected chi connectivity index (χ4v) is 2.54. The highest BCUT2D eigenvalue weighted by molar-refractivity contribution is 5.40. The van der Waals surface area contributed by atoms with E-state index >= 15 is 0 Å². The summed E-state index contributed by atoms with van der Waals surface area (Å²) in [7, 11) is 1.88. The minimum absolute atomic E-state index is 0.463.